The van der Waals surface area contributed by atoms with Gasteiger partial charge in [0.1, 0.15) is 0 Å². The smallest absolute Gasteiger partial charge is 0.0747 e. The first kappa shape index (κ1) is 14.4. The highest BCUT2D eigenvalue weighted by atomic mass is 79.9. The van der Waals surface area contributed by atoms with Gasteiger partial charge in [0.25, 0.3) is 0 Å². The summed E-state index contributed by atoms with van der Waals surface area (Å²) in [5.41, 5.74) is 2.58. The van der Waals surface area contributed by atoms with Crippen LogP contribution >= 0.6 is 31.9 Å². The van der Waals surface area contributed by atoms with E-state index in [1.54, 1.807) is 0 Å². The van der Waals surface area contributed by atoms with E-state index in [1.807, 2.05) is 0 Å². The second kappa shape index (κ2) is 6.92. The average Bonchev–Trinajstić information content (AvgIpc) is 2.64. The maximum absolute atomic E-state index is 5.82. The molecule has 0 N–H and O–H groups in total. The van der Waals surface area contributed by atoms with Crippen LogP contribution in [0.25, 0.3) is 0 Å². The quantitative estimate of drug-likeness (QED) is 0.727. The van der Waals surface area contributed by atoms with Gasteiger partial charge in [-0.05, 0) is 30.5 Å². The van der Waals surface area contributed by atoms with Crippen LogP contribution in [0.5, 0.6) is 0 Å². The minimum absolute atomic E-state index is 0.363. The molecule has 100 valence electrons. The molecule has 0 aromatic heterocycles. The van der Waals surface area contributed by atoms with Crippen molar-refractivity contribution >= 4 is 37.5 Å². The third-order valence-electron chi connectivity index (χ3n) is 3.35. The molecule has 0 spiro atoms. The van der Waals surface area contributed by atoms with Crippen LogP contribution in [0.3, 0.4) is 0 Å². The molecule has 1 atom stereocenters. The monoisotopic (exact) mass is 375 g/mol. The Morgan fingerprint density at radius 1 is 1.44 bits per heavy atom. The third-order valence-corrected chi connectivity index (χ3v) is 4.69. The zero-order valence-electron chi connectivity index (χ0n) is 10.7. The highest BCUT2D eigenvalue weighted by Crippen LogP contribution is 2.27. The Morgan fingerprint density at radius 2 is 2.28 bits per heavy atom. The molecular formula is C14H19Br2NO. The fourth-order valence-corrected chi connectivity index (χ4v) is 3.59. The predicted molar refractivity (Wildman–Crippen MR) is 83.6 cm³/mol. The highest BCUT2D eigenvalue weighted by Gasteiger charge is 2.18. The SMILES string of the molecule is CCC1CN(c2ccc(CBr)c(Br)c2)CCCO1. The molecule has 1 unspecified atom stereocenters. The first-order valence-electron chi connectivity index (χ1n) is 6.45. The van der Waals surface area contributed by atoms with Gasteiger partial charge in [0.15, 0.2) is 0 Å². The van der Waals surface area contributed by atoms with Crippen molar-refractivity contribution in [1.29, 1.82) is 0 Å². The van der Waals surface area contributed by atoms with Crippen LogP contribution in [0.15, 0.2) is 22.7 Å². The van der Waals surface area contributed by atoms with Crippen molar-refractivity contribution in [2.24, 2.45) is 0 Å². The van der Waals surface area contributed by atoms with Gasteiger partial charge in [-0.25, -0.2) is 0 Å². The number of alkyl halides is 1. The molecule has 1 aromatic rings. The van der Waals surface area contributed by atoms with Crippen LogP contribution in [0.4, 0.5) is 5.69 Å². The molecule has 0 saturated carbocycles. The van der Waals surface area contributed by atoms with Crippen molar-refractivity contribution < 1.29 is 4.74 Å². The summed E-state index contributed by atoms with van der Waals surface area (Å²) in [7, 11) is 0. The number of anilines is 1. The van der Waals surface area contributed by atoms with Gasteiger partial charge in [-0.2, -0.15) is 0 Å². The van der Waals surface area contributed by atoms with Gasteiger partial charge in [0, 0.05) is 35.2 Å². The number of halogens is 2. The van der Waals surface area contributed by atoms with E-state index in [4.69, 9.17) is 4.74 Å². The van der Waals surface area contributed by atoms with Gasteiger partial charge in [-0.15, -0.1) is 0 Å². The molecule has 18 heavy (non-hydrogen) atoms. The summed E-state index contributed by atoms with van der Waals surface area (Å²) < 4.78 is 6.99. The van der Waals surface area contributed by atoms with Crippen molar-refractivity contribution in [3.63, 3.8) is 0 Å². The van der Waals surface area contributed by atoms with Crippen LogP contribution < -0.4 is 4.90 Å². The van der Waals surface area contributed by atoms with Crippen LogP contribution in [0, 0.1) is 0 Å². The molecule has 1 aromatic carbocycles. The molecule has 1 heterocycles. The van der Waals surface area contributed by atoms with Gasteiger partial charge >= 0.3 is 0 Å². The number of ether oxygens (including phenoxy) is 1. The van der Waals surface area contributed by atoms with Crippen molar-refractivity contribution in [3.05, 3.63) is 28.2 Å². The largest absolute Gasteiger partial charge is 0.376 e. The summed E-state index contributed by atoms with van der Waals surface area (Å²) in [6.45, 7) is 5.15. The molecular weight excluding hydrogens is 358 g/mol. The summed E-state index contributed by atoms with van der Waals surface area (Å²) in [6, 6.07) is 6.61. The first-order valence-corrected chi connectivity index (χ1v) is 8.37. The zero-order chi connectivity index (χ0) is 13.0. The Labute approximate surface area is 126 Å². The summed E-state index contributed by atoms with van der Waals surface area (Å²) in [4.78, 5) is 2.43. The number of rotatable bonds is 3. The van der Waals surface area contributed by atoms with E-state index in [0.717, 1.165) is 37.9 Å². The Morgan fingerprint density at radius 3 is 2.94 bits per heavy atom. The average molecular weight is 377 g/mol. The van der Waals surface area contributed by atoms with Gasteiger partial charge in [-0.1, -0.05) is 44.8 Å². The third kappa shape index (κ3) is 3.49. The Bertz CT molecular complexity index is 397. The molecule has 2 rings (SSSR count). The molecule has 1 saturated heterocycles. The summed E-state index contributed by atoms with van der Waals surface area (Å²) in [5.74, 6) is 0. The summed E-state index contributed by atoms with van der Waals surface area (Å²) in [5, 5.41) is 0.883. The highest BCUT2D eigenvalue weighted by molar-refractivity contribution is 9.10. The number of hydrogen-bond acceptors (Lipinski definition) is 2. The first-order chi connectivity index (χ1) is 8.74. The van der Waals surface area contributed by atoms with Crippen LogP contribution in [-0.2, 0) is 10.1 Å². The van der Waals surface area contributed by atoms with Gasteiger partial charge in [0.05, 0.1) is 6.10 Å². The van der Waals surface area contributed by atoms with E-state index in [-0.39, 0.29) is 0 Å². The topological polar surface area (TPSA) is 12.5 Å². The van der Waals surface area contributed by atoms with E-state index in [9.17, 15) is 0 Å². The molecule has 4 heteroatoms. The fourth-order valence-electron chi connectivity index (χ4n) is 2.22. The molecule has 0 aliphatic carbocycles. The molecule has 2 nitrogen and oxygen atoms in total. The van der Waals surface area contributed by atoms with Crippen molar-refractivity contribution in [3.8, 4) is 0 Å². The molecule has 0 amide bonds. The lowest BCUT2D eigenvalue weighted by Gasteiger charge is -2.26. The molecule has 1 aliphatic rings. The van der Waals surface area contributed by atoms with Crippen LogP contribution in [0.2, 0.25) is 0 Å². The van der Waals surface area contributed by atoms with Gasteiger partial charge < -0.3 is 9.64 Å². The molecule has 0 radical (unpaired) electrons. The van der Waals surface area contributed by atoms with Crippen LogP contribution in [0.1, 0.15) is 25.3 Å². The summed E-state index contributed by atoms with van der Waals surface area (Å²) >= 11 is 7.14. The minimum Gasteiger partial charge on any atom is -0.376 e. The minimum atomic E-state index is 0.363. The van der Waals surface area contributed by atoms with E-state index >= 15 is 0 Å². The number of nitrogens with zero attached hydrogens (tertiary/aromatic N) is 1. The predicted octanol–water partition coefficient (Wildman–Crippen LogP) is 4.35. The lowest BCUT2D eigenvalue weighted by molar-refractivity contribution is 0.0664. The van der Waals surface area contributed by atoms with Crippen molar-refractivity contribution in [2.75, 3.05) is 24.6 Å². The van der Waals surface area contributed by atoms with Crippen molar-refractivity contribution in [2.45, 2.75) is 31.2 Å². The second-order valence-corrected chi connectivity index (χ2v) is 6.03. The standard InChI is InChI=1S/C14H19Br2NO/c1-2-13-10-17(6-3-7-18-13)12-5-4-11(9-15)14(16)8-12/h4-5,8,13H,2-3,6-7,9-10H2,1H3. The number of hydrogen-bond donors (Lipinski definition) is 0. The Balaban J connectivity index is 2.16. The molecule has 1 aliphatic heterocycles. The normalized spacial score (nSPS) is 20.8. The molecule has 0 bridgehead atoms. The van der Waals surface area contributed by atoms with Crippen molar-refractivity contribution in [1.82, 2.24) is 0 Å². The Kier molecular flexibility index (Phi) is 5.52. The molecule has 1 fully saturated rings. The van der Waals surface area contributed by atoms with E-state index in [2.05, 4.69) is 61.9 Å². The van der Waals surface area contributed by atoms with E-state index < -0.39 is 0 Å². The Hall–Kier alpha value is -0.0600. The second-order valence-electron chi connectivity index (χ2n) is 4.61. The van der Waals surface area contributed by atoms with Gasteiger partial charge in [0.2, 0.25) is 0 Å². The maximum atomic E-state index is 5.82. The number of benzene rings is 1. The van der Waals surface area contributed by atoms with Crippen LogP contribution in [-0.4, -0.2) is 25.8 Å². The maximum Gasteiger partial charge on any atom is 0.0747 e. The van der Waals surface area contributed by atoms with E-state index in [1.165, 1.54) is 15.7 Å². The zero-order valence-corrected chi connectivity index (χ0v) is 13.8. The van der Waals surface area contributed by atoms with E-state index in [0.29, 0.717) is 6.10 Å². The van der Waals surface area contributed by atoms with Gasteiger partial charge in [-0.3, -0.25) is 0 Å². The summed E-state index contributed by atoms with van der Waals surface area (Å²) in [6.07, 6.45) is 2.55. The fraction of sp³-hybridized carbons (Fsp3) is 0.571. The lowest BCUT2D eigenvalue weighted by Crippen LogP contribution is -2.31. The lowest BCUT2D eigenvalue weighted by atomic mass is 10.2.